The maximum Gasteiger partial charge on any atom is 0.163 e. The molecule has 0 spiro atoms. The predicted octanol–water partition coefficient (Wildman–Crippen LogP) is 5.20. The average molecular weight is 379 g/mol. The largest absolute Gasteiger partial charge is 0.299 e. The van der Waals surface area contributed by atoms with E-state index in [2.05, 4.69) is 82.9 Å². The molecule has 0 radical (unpaired) electrons. The Bertz CT molecular complexity index is 1310. The van der Waals surface area contributed by atoms with E-state index < -0.39 is 0 Å². The first kappa shape index (κ1) is 17.4. The highest BCUT2D eigenvalue weighted by Crippen LogP contribution is 2.28. The number of nitrogens with zero attached hydrogens (tertiary/aromatic N) is 5. The maximum atomic E-state index is 4.62. The Hall–Kier alpha value is -3.73. The summed E-state index contributed by atoms with van der Waals surface area (Å²) >= 11 is 0. The number of aromatic nitrogens is 5. The third kappa shape index (κ3) is 2.91. The summed E-state index contributed by atoms with van der Waals surface area (Å²) in [5.41, 5.74) is 8.78. The van der Waals surface area contributed by atoms with Crippen LogP contribution in [0.25, 0.3) is 33.8 Å². The van der Waals surface area contributed by atoms with Crippen molar-refractivity contribution in [1.82, 2.24) is 24.3 Å². The van der Waals surface area contributed by atoms with E-state index in [1.165, 1.54) is 16.7 Å². The molecule has 0 fully saturated rings. The molecule has 0 unspecified atom stereocenters. The molecule has 5 nitrogen and oxygen atoms in total. The first-order chi connectivity index (χ1) is 14.1. The Morgan fingerprint density at radius 3 is 2.31 bits per heavy atom. The fourth-order valence-corrected chi connectivity index (χ4v) is 4.05. The minimum Gasteiger partial charge on any atom is -0.299 e. The second-order valence-corrected chi connectivity index (χ2v) is 7.40. The zero-order valence-electron chi connectivity index (χ0n) is 16.7. The highest BCUT2D eigenvalue weighted by molar-refractivity contribution is 5.82. The van der Waals surface area contributed by atoms with Gasteiger partial charge in [0.1, 0.15) is 12.7 Å². The van der Waals surface area contributed by atoms with Crippen molar-refractivity contribution in [3.05, 3.63) is 90.0 Å². The third-order valence-corrected chi connectivity index (χ3v) is 5.23. The Balaban J connectivity index is 1.63. The van der Waals surface area contributed by atoms with Gasteiger partial charge in [-0.05, 0) is 62.2 Å². The Labute approximate surface area is 169 Å². The van der Waals surface area contributed by atoms with Gasteiger partial charge < -0.3 is 0 Å². The highest BCUT2D eigenvalue weighted by atomic mass is 15.3. The van der Waals surface area contributed by atoms with Gasteiger partial charge >= 0.3 is 0 Å². The number of rotatable bonds is 3. The average Bonchev–Trinajstić information content (AvgIpc) is 3.34. The van der Waals surface area contributed by atoms with Gasteiger partial charge in [-0.25, -0.2) is 14.6 Å². The maximum absolute atomic E-state index is 4.62. The van der Waals surface area contributed by atoms with Crippen molar-refractivity contribution in [2.45, 2.75) is 20.8 Å². The quantitative estimate of drug-likeness (QED) is 0.433. The molecule has 0 aliphatic carbocycles. The Morgan fingerprint density at radius 1 is 0.793 bits per heavy atom. The second kappa shape index (κ2) is 6.71. The van der Waals surface area contributed by atoms with Crippen LogP contribution in [0.3, 0.4) is 0 Å². The van der Waals surface area contributed by atoms with Crippen molar-refractivity contribution in [1.29, 1.82) is 0 Å². The predicted molar refractivity (Wildman–Crippen MR) is 116 cm³/mol. The van der Waals surface area contributed by atoms with Crippen molar-refractivity contribution in [2.24, 2.45) is 0 Å². The van der Waals surface area contributed by atoms with Crippen LogP contribution in [-0.2, 0) is 0 Å². The fourth-order valence-electron chi connectivity index (χ4n) is 4.05. The molecule has 5 heteroatoms. The van der Waals surface area contributed by atoms with Gasteiger partial charge in [0.2, 0.25) is 0 Å². The number of imidazole rings is 1. The van der Waals surface area contributed by atoms with Crippen LogP contribution < -0.4 is 0 Å². The number of aryl methyl sites for hydroxylation is 3. The fraction of sp³-hybridized carbons (Fsp3) is 0.125. The zero-order valence-corrected chi connectivity index (χ0v) is 16.7. The number of para-hydroxylation sites is 1. The molecule has 2 heterocycles. The summed E-state index contributed by atoms with van der Waals surface area (Å²) in [4.78, 5) is 9.18. The summed E-state index contributed by atoms with van der Waals surface area (Å²) in [6, 6.07) is 20.9. The van der Waals surface area contributed by atoms with Crippen LogP contribution in [0.2, 0.25) is 0 Å². The molecular formula is C24H21N5. The summed E-state index contributed by atoms with van der Waals surface area (Å²) in [6.07, 6.45) is 3.48. The lowest BCUT2D eigenvalue weighted by Gasteiger charge is -2.13. The van der Waals surface area contributed by atoms with Crippen LogP contribution in [0.15, 0.2) is 73.3 Å². The molecule has 0 saturated heterocycles. The van der Waals surface area contributed by atoms with Crippen LogP contribution in [0, 0.1) is 20.8 Å². The van der Waals surface area contributed by atoms with E-state index in [1.807, 2.05) is 29.2 Å². The van der Waals surface area contributed by atoms with Gasteiger partial charge in [0.05, 0.1) is 16.7 Å². The first-order valence-corrected chi connectivity index (χ1v) is 9.63. The molecule has 29 heavy (non-hydrogen) atoms. The van der Waals surface area contributed by atoms with Gasteiger partial charge in [0.25, 0.3) is 0 Å². The van der Waals surface area contributed by atoms with Gasteiger partial charge in [-0.3, -0.25) is 4.57 Å². The summed E-state index contributed by atoms with van der Waals surface area (Å²) in [7, 11) is 0. The van der Waals surface area contributed by atoms with Crippen LogP contribution >= 0.6 is 0 Å². The van der Waals surface area contributed by atoms with Gasteiger partial charge in [0.15, 0.2) is 5.82 Å². The summed E-state index contributed by atoms with van der Waals surface area (Å²) < 4.78 is 4.03. The summed E-state index contributed by atoms with van der Waals surface area (Å²) in [6.45, 7) is 6.35. The van der Waals surface area contributed by atoms with Crippen LogP contribution in [0.1, 0.15) is 16.7 Å². The van der Waals surface area contributed by atoms with Gasteiger partial charge in [0, 0.05) is 11.3 Å². The van der Waals surface area contributed by atoms with Gasteiger partial charge in [-0.2, -0.15) is 5.10 Å². The second-order valence-electron chi connectivity index (χ2n) is 7.40. The lowest BCUT2D eigenvalue weighted by atomic mass is 10.0. The van der Waals surface area contributed by atoms with E-state index >= 15 is 0 Å². The van der Waals surface area contributed by atoms with Crippen molar-refractivity contribution in [3.8, 4) is 22.8 Å². The smallest absolute Gasteiger partial charge is 0.163 e. The van der Waals surface area contributed by atoms with Crippen LogP contribution in [0.4, 0.5) is 0 Å². The van der Waals surface area contributed by atoms with Gasteiger partial charge in [-0.1, -0.05) is 35.9 Å². The van der Waals surface area contributed by atoms with Crippen molar-refractivity contribution in [2.75, 3.05) is 0 Å². The number of fused-ring (bicyclic) bond motifs is 1. The summed E-state index contributed by atoms with van der Waals surface area (Å²) in [5.74, 6) is 0.816. The molecule has 0 N–H and O–H groups in total. The zero-order chi connectivity index (χ0) is 20.0. The Morgan fingerprint density at radius 2 is 1.55 bits per heavy atom. The number of hydrogen-bond acceptors (Lipinski definition) is 3. The molecule has 2 aromatic heterocycles. The normalized spacial score (nSPS) is 11.3. The lowest BCUT2D eigenvalue weighted by molar-refractivity contribution is 0.870. The molecule has 0 atom stereocenters. The van der Waals surface area contributed by atoms with Crippen molar-refractivity contribution >= 4 is 11.0 Å². The summed E-state index contributed by atoms with van der Waals surface area (Å²) in [5, 5.41) is 4.53. The van der Waals surface area contributed by atoms with E-state index in [-0.39, 0.29) is 0 Å². The number of hydrogen-bond donors (Lipinski definition) is 0. The highest BCUT2D eigenvalue weighted by Gasteiger charge is 2.15. The van der Waals surface area contributed by atoms with E-state index in [1.54, 1.807) is 6.33 Å². The van der Waals surface area contributed by atoms with Crippen LogP contribution in [-0.4, -0.2) is 24.3 Å². The van der Waals surface area contributed by atoms with Gasteiger partial charge in [-0.15, -0.1) is 0 Å². The van der Waals surface area contributed by atoms with E-state index in [0.29, 0.717) is 0 Å². The molecule has 0 aliphatic heterocycles. The van der Waals surface area contributed by atoms with Crippen molar-refractivity contribution < 1.29 is 0 Å². The molecule has 0 saturated carbocycles. The SMILES string of the molecule is Cc1cc(C)c(-n2ncnc2-c2ccc3c(c2)ncn3-c2ccccc2)c(C)c1. The van der Waals surface area contributed by atoms with Crippen LogP contribution in [0.5, 0.6) is 0 Å². The molecular weight excluding hydrogens is 358 g/mol. The number of benzene rings is 3. The standard InChI is InChI=1S/C24H21N5/c1-16-11-17(2)23(18(3)12-16)29-24(25-14-27-29)19-9-10-22-21(13-19)26-15-28(22)20-7-5-4-6-8-20/h4-15H,1-3H3. The van der Waals surface area contributed by atoms with E-state index in [9.17, 15) is 0 Å². The molecule has 5 rings (SSSR count). The first-order valence-electron chi connectivity index (χ1n) is 9.63. The third-order valence-electron chi connectivity index (χ3n) is 5.23. The van der Waals surface area contributed by atoms with Crippen molar-refractivity contribution in [3.63, 3.8) is 0 Å². The monoisotopic (exact) mass is 379 g/mol. The molecule has 3 aromatic carbocycles. The molecule has 142 valence electrons. The molecule has 5 aromatic rings. The minimum absolute atomic E-state index is 0.816. The topological polar surface area (TPSA) is 48.5 Å². The lowest BCUT2D eigenvalue weighted by Crippen LogP contribution is -2.05. The minimum atomic E-state index is 0.816. The molecule has 0 bridgehead atoms. The molecule has 0 aliphatic rings. The van der Waals surface area contributed by atoms with E-state index in [0.717, 1.165) is 33.8 Å². The molecule has 0 amide bonds. The Kier molecular flexibility index (Phi) is 4.02. The van der Waals surface area contributed by atoms with E-state index in [4.69, 9.17) is 0 Å².